The third kappa shape index (κ3) is 2.20. The molecule has 9 heteroatoms. The molecule has 4 aromatic rings. The van der Waals surface area contributed by atoms with E-state index in [1.54, 1.807) is 22.7 Å². The third-order valence-electron chi connectivity index (χ3n) is 4.15. The SMILES string of the molecule is O=c1[nH]c(Cn2nnc(-c3ccsc3)n2)nc2sc3c(c12)CCC3. The van der Waals surface area contributed by atoms with Crippen LogP contribution in [-0.4, -0.2) is 30.2 Å². The molecule has 0 saturated heterocycles. The van der Waals surface area contributed by atoms with E-state index in [0.29, 0.717) is 18.2 Å². The Balaban J connectivity index is 1.50. The fraction of sp³-hybridized carbons (Fsp3) is 0.267. The minimum absolute atomic E-state index is 0.0624. The lowest BCUT2D eigenvalue weighted by Gasteiger charge is -2.00. The van der Waals surface area contributed by atoms with E-state index in [4.69, 9.17) is 0 Å². The number of aryl methyl sites for hydroxylation is 2. The van der Waals surface area contributed by atoms with E-state index in [-0.39, 0.29) is 5.56 Å². The molecule has 0 spiro atoms. The van der Waals surface area contributed by atoms with Gasteiger partial charge in [0.1, 0.15) is 17.2 Å². The second kappa shape index (κ2) is 5.32. The first kappa shape index (κ1) is 14.0. The first-order chi connectivity index (χ1) is 11.8. The van der Waals surface area contributed by atoms with Crippen molar-refractivity contribution in [2.45, 2.75) is 25.8 Å². The second-order valence-electron chi connectivity index (χ2n) is 5.71. The molecule has 0 atom stereocenters. The van der Waals surface area contributed by atoms with Crippen molar-refractivity contribution in [3.8, 4) is 11.4 Å². The van der Waals surface area contributed by atoms with Gasteiger partial charge >= 0.3 is 0 Å². The maximum absolute atomic E-state index is 12.4. The van der Waals surface area contributed by atoms with Gasteiger partial charge in [-0.05, 0) is 41.5 Å². The average molecular weight is 356 g/mol. The topological polar surface area (TPSA) is 89.4 Å². The van der Waals surface area contributed by atoms with Crippen molar-refractivity contribution in [3.05, 3.63) is 43.4 Å². The van der Waals surface area contributed by atoms with E-state index < -0.39 is 0 Å². The molecule has 0 aliphatic heterocycles. The Bertz CT molecular complexity index is 1090. The Kier molecular flexibility index (Phi) is 3.10. The van der Waals surface area contributed by atoms with Crippen LogP contribution >= 0.6 is 22.7 Å². The highest BCUT2D eigenvalue weighted by Crippen LogP contribution is 2.34. The van der Waals surface area contributed by atoms with Crippen molar-refractivity contribution >= 4 is 32.9 Å². The zero-order valence-electron chi connectivity index (χ0n) is 12.5. The molecule has 120 valence electrons. The van der Waals surface area contributed by atoms with E-state index >= 15 is 0 Å². The number of hydrogen-bond donors (Lipinski definition) is 1. The van der Waals surface area contributed by atoms with Crippen molar-refractivity contribution in [1.29, 1.82) is 0 Å². The standard InChI is InChI=1S/C15H12N6OS2/c22-14-12-9-2-1-3-10(9)24-15(12)17-11(16-14)6-21-19-13(18-20-21)8-4-5-23-7-8/h4-5,7H,1-3,6H2,(H,16,17,22). The van der Waals surface area contributed by atoms with Gasteiger partial charge in [0.15, 0.2) is 0 Å². The van der Waals surface area contributed by atoms with Crippen LogP contribution in [0.3, 0.4) is 0 Å². The van der Waals surface area contributed by atoms with Crippen molar-refractivity contribution in [2.75, 3.05) is 0 Å². The summed E-state index contributed by atoms with van der Waals surface area (Å²) >= 11 is 3.22. The lowest BCUT2D eigenvalue weighted by Crippen LogP contribution is -2.15. The summed E-state index contributed by atoms with van der Waals surface area (Å²) in [6, 6.07) is 1.95. The van der Waals surface area contributed by atoms with Gasteiger partial charge in [-0.25, -0.2) is 4.98 Å². The van der Waals surface area contributed by atoms with Gasteiger partial charge in [0.25, 0.3) is 5.56 Å². The molecule has 0 bridgehead atoms. The molecular formula is C15H12N6OS2. The molecular weight excluding hydrogens is 344 g/mol. The van der Waals surface area contributed by atoms with Crippen molar-refractivity contribution in [3.63, 3.8) is 0 Å². The molecule has 0 unspecified atom stereocenters. The Hall–Kier alpha value is -2.39. The molecule has 5 rings (SSSR count). The highest BCUT2D eigenvalue weighted by Gasteiger charge is 2.21. The summed E-state index contributed by atoms with van der Waals surface area (Å²) in [5.74, 6) is 1.14. The van der Waals surface area contributed by atoms with Crippen LogP contribution in [0.15, 0.2) is 21.6 Å². The van der Waals surface area contributed by atoms with Gasteiger partial charge in [0.2, 0.25) is 5.82 Å². The van der Waals surface area contributed by atoms with Gasteiger partial charge in [-0.2, -0.15) is 16.1 Å². The molecule has 0 saturated carbocycles. The summed E-state index contributed by atoms with van der Waals surface area (Å²) in [7, 11) is 0. The van der Waals surface area contributed by atoms with Gasteiger partial charge in [0, 0.05) is 15.8 Å². The largest absolute Gasteiger partial charge is 0.308 e. The number of nitrogens with zero attached hydrogens (tertiary/aromatic N) is 5. The molecule has 7 nitrogen and oxygen atoms in total. The number of thiophene rings is 2. The average Bonchev–Trinajstić information content (AvgIpc) is 3.31. The molecule has 4 aromatic heterocycles. The first-order valence-corrected chi connectivity index (χ1v) is 9.38. The molecule has 0 radical (unpaired) electrons. The van der Waals surface area contributed by atoms with E-state index in [1.165, 1.54) is 15.2 Å². The van der Waals surface area contributed by atoms with Crippen molar-refractivity contribution in [1.82, 2.24) is 30.2 Å². The van der Waals surface area contributed by atoms with Gasteiger partial charge in [0.05, 0.1) is 5.39 Å². The smallest absolute Gasteiger partial charge is 0.259 e. The molecule has 0 aromatic carbocycles. The van der Waals surface area contributed by atoms with Crippen LogP contribution < -0.4 is 5.56 Å². The van der Waals surface area contributed by atoms with Gasteiger partial charge in [-0.3, -0.25) is 4.79 Å². The number of nitrogens with one attached hydrogen (secondary N) is 1. The molecule has 1 N–H and O–H groups in total. The zero-order valence-corrected chi connectivity index (χ0v) is 14.2. The summed E-state index contributed by atoms with van der Waals surface area (Å²) in [6.07, 6.45) is 3.17. The molecule has 4 heterocycles. The number of aromatic nitrogens is 6. The maximum atomic E-state index is 12.4. The summed E-state index contributed by atoms with van der Waals surface area (Å²) in [5, 5.41) is 17.2. The van der Waals surface area contributed by atoms with Crippen LogP contribution in [0.25, 0.3) is 21.6 Å². The number of hydrogen-bond acceptors (Lipinski definition) is 7. The normalized spacial score (nSPS) is 13.7. The summed E-state index contributed by atoms with van der Waals surface area (Å²) in [6.45, 7) is 0.297. The minimum Gasteiger partial charge on any atom is -0.308 e. The second-order valence-corrected chi connectivity index (χ2v) is 7.57. The van der Waals surface area contributed by atoms with Crippen molar-refractivity contribution in [2.24, 2.45) is 0 Å². The quantitative estimate of drug-likeness (QED) is 0.608. The number of rotatable bonds is 3. The lowest BCUT2D eigenvalue weighted by molar-refractivity contribution is 0.555. The number of aromatic amines is 1. The number of H-pyrrole nitrogens is 1. The molecule has 24 heavy (non-hydrogen) atoms. The van der Waals surface area contributed by atoms with Crippen LogP contribution in [0.5, 0.6) is 0 Å². The highest BCUT2D eigenvalue weighted by molar-refractivity contribution is 7.18. The van der Waals surface area contributed by atoms with Crippen LogP contribution in [0.1, 0.15) is 22.7 Å². The van der Waals surface area contributed by atoms with E-state index in [9.17, 15) is 4.79 Å². The molecule has 1 aliphatic carbocycles. The summed E-state index contributed by atoms with van der Waals surface area (Å²) in [5.41, 5.74) is 2.07. The van der Waals surface area contributed by atoms with Crippen LogP contribution in [0.4, 0.5) is 0 Å². The Morgan fingerprint density at radius 2 is 2.29 bits per heavy atom. The van der Waals surface area contributed by atoms with Crippen molar-refractivity contribution < 1.29 is 0 Å². The fourth-order valence-corrected chi connectivity index (χ4v) is 4.99. The molecule has 0 fully saturated rings. The van der Waals surface area contributed by atoms with Crippen LogP contribution in [0, 0.1) is 0 Å². The first-order valence-electron chi connectivity index (χ1n) is 7.62. The van der Waals surface area contributed by atoms with Gasteiger partial charge in [-0.15, -0.1) is 21.5 Å². The Labute approximate surface area is 144 Å². The van der Waals surface area contributed by atoms with Gasteiger partial charge in [-0.1, -0.05) is 0 Å². The van der Waals surface area contributed by atoms with Crippen LogP contribution in [0.2, 0.25) is 0 Å². The minimum atomic E-state index is -0.0624. The third-order valence-corrected chi connectivity index (χ3v) is 6.02. The van der Waals surface area contributed by atoms with E-state index in [1.807, 2.05) is 16.8 Å². The lowest BCUT2D eigenvalue weighted by atomic mass is 10.2. The predicted molar refractivity (Wildman–Crippen MR) is 92.5 cm³/mol. The number of fused-ring (bicyclic) bond motifs is 3. The Morgan fingerprint density at radius 3 is 3.17 bits per heavy atom. The fourth-order valence-electron chi connectivity index (χ4n) is 3.07. The van der Waals surface area contributed by atoms with E-state index in [2.05, 4.69) is 25.4 Å². The maximum Gasteiger partial charge on any atom is 0.259 e. The predicted octanol–water partition coefficient (Wildman–Crippen LogP) is 2.24. The highest BCUT2D eigenvalue weighted by atomic mass is 32.1. The zero-order chi connectivity index (χ0) is 16.1. The molecule has 0 amide bonds. The van der Waals surface area contributed by atoms with Crippen LogP contribution in [-0.2, 0) is 19.4 Å². The Morgan fingerprint density at radius 1 is 1.33 bits per heavy atom. The summed E-state index contributed by atoms with van der Waals surface area (Å²) < 4.78 is 0. The molecule has 1 aliphatic rings. The monoisotopic (exact) mass is 356 g/mol. The number of tetrazole rings is 1. The van der Waals surface area contributed by atoms with Gasteiger partial charge < -0.3 is 4.98 Å². The summed E-state index contributed by atoms with van der Waals surface area (Å²) in [4.78, 5) is 23.5. The van der Waals surface area contributed by atoms with E-state index in [0.717, 1.165) is 35.0 Å².